The molecule has 1 N–H and O–H groups in total. The molecule has 0 spiro atoms. The van der Waals surface area contributed by atoms with Gasteiger partial charge in [-0.2, -0.15) is 13.2 Å². The van der Waals surface area contributed by atoms with Crippen molar-refractivity contribution in [1.82, 2.24) is 0 Å². The van der Waals surface area contributed by atoms with Crippen LogP contribution in [0.5, 0.6) is 5.75 Å². The van der Waals surface area contributed by atoms with Gasteiger partial charge in [-0.05, 0) is 36.2 Å². The van der Waals surface area contributed by atoms with Crippen LogP contribution in [-0.4, -0.2) is 10.9 Å². The Labute approximate surface area is 119 Å². The quantitative estimate of drug-likeness (QED) is 0.861. The van der Waals surface area contributed by atoms with Gasteiger partial charge in [0.2, 0.25) is 0 Å². The fraction of sp³-hybridized carbons (Fsp3) is 0.188. The van der Waals surface area contributed by atoms with Crippen LogP contribution in [0.4, 0.5) is 13.2 Å². The molecule has 0 radical (unpaired) electrons. The molecule has 5 heteroatoms. The lowest BCUT2D eigenvalue weighted by Gasteiger charge is -2.09. The molecule has 110 valence electrons. The fourth-order valence-corrected chi connectivity index (χ4v) is 1.95. The number of aryl methyl sites for hydroxylation is 1. The first-order chi connectivity index (χ1) is 9.82. The Balaban J connectivity index is 2.36. The second-order valence-electron chi connectivity index (χ2n) is 4.61. The monoisotopic (exact) mass is 294 g/mol. The van der Waals surface area contributed by atoms with Crippen LogP contribution in [0.25, 0.3) is 0 Å². The molecule has 2 rings (SSSR count). The lowest BCUT2D eigenvalue weighted by atomic mass is 9.98. The summed E-state index contributed by atoms with van der Waals surface area (Å²) in [4.78, 5) is 12.3. The summed E-state index contributed by atoms with van der Waals surface area (Å²) in [5.41, 5.74) is 0.245. The number of rotatable bonds is 3. The van der Waals surface area contributed by atoms with Gasteiger partial charge in [-0.1, -0.05) is 25.1 Å². The average Bonchev–Trinajstić information content (AvgIpc) is 2.46. The van der Waals surface area contributed by atoms with E-state index >= 15 is 0 Å². The minimum Gasteiger partial charge on any atom is -0.507 e. The molecule has 0 saturated heterocycles. The number of halogens is 3. The van der Waals surface area contributed by atoms with Gasteiger partial charge in [0, 0.05) is 5.56 Å². The molecule has 0 aliphatic heterocycles. The van der Waals surface area contributed by atoms with Gasteiger partial charge in [0.25, 0.3) is 0 Å². The molecule has 21 heavy (non-hydrogen) atoms. The second kappa shape index (κ2) is 5.60. The maximum absolute atomic E-state index is 12.5. The number of carbonyl (C=O) groups excluding carboxylic acids is 1. The minimum absolute atomic E-state index is 0.0918. The number of carbonyl (C=O) groups is 1. The van der Waals surface area contributed by atoms with Crippen molar-refractivity contribution in [2.75, 3.05) is 0 Å². The first kappa shape index (κ1) is 15.1. The van der Waals surface area contributed by atoms with Crippen molar-refractivity contribution in [3.63, 3.8) is 0 Å². The SMILES string of the molecule is CCc1ccc(O)c(C(=O)c2ccc(C(F)(F)F)cc2)c1. The number of ketones is 1. The standard InChI is InChI=1S/C16H13F3O2/c1-2-10-3-8-14(20)13(9-10)15(21)11-4-6-12(7-5-11)16(17,18)19/h3-9,20H,2H2,1H3. The van der Waals surface area contributed by atoms with Crippen molar-refractivity contribution >= 4 is 5.78 Å². The number of hydrogen-bond donors (Lipinski definition) is 1. The van der Waals surface area contributed by atoms with E-state index in [2.05, 4.69) is 0 Å². The molecule has 0 aromatic heterocycles. The molecule has 2 nitrogen and oxygen atoms in total. The van der Waals surface area contributed by atoms with Crippen LogP contribution in [0.3, 0.4) is 0 Å². The molecule has 0 atom stereocenters. The first-order valence-corrected chi connectivity index (χ1v) is 6.36. The number of benzene rings is 2. The van der Waals surface area contributed by atoms with E-state index in [4.69, 9.17) is 0 Å². The van der Waals surface area contributed by atoms with E-state index in [9.17, 15) is 23.1 Å². The molecule has 0 aliphatic rings. The van der Waals surface area contributed by atoms with Crippen LogP contribution in [0.2, 0.25) is 0 Å². The molecule has 0 heterocycles. The highest BCUT2D eigenvalue weighted by atomic mass is 19.4. The van der Waals surface area contributed by atoms with Gasteiger partial charge in [-0.25, -0.2) is 0 Å². The van der Waals surface area contributed by atoms with E-state index in [1.807, 2.05) is 6.92 Å². The maximum atomic E-state index is 12.5. The Morgan fingerprint density at radius 3 is 2.24 bits per heavy atom. The van der Waals surface area contributed by atoms with E-state index in [1.165, 1.54) is 6.07 Å². The molecule has 0 amide bonds. The van der Waals surface area contributed by atoms with Gasteiger partial charge in [0.05, 0.1) is 11.1 Å². The highest BCUT2D eigenvalue weighted by Gasteiger charge is 2.30. The van der Waals surface area contributed by atoms with Crippen molar-refractivity contribution in [1.29, 1.82) is 0 Å². The maximum Gasteiger partial charge on any atom is 0.416 e. The Kier molecular flexibility index (Phi) is 4.02. The third-order valence-corrected chi connectivity index (χ3v) is 3.19. The van der Waals surface area contributed by atoms with E-state index < -0.39 is 17.5 Å². The zero-order valence-electron chi connectivity index (χ0n) is 11.2. The van der Waals surface area contributed by atoms with Gasteiger partial charge in [0.1, 0.15) is 5.75 Å². The topological polar surface area (TPSA) is 37.3 Å². The van der Waals surface area contributed by atoms with Crippen LogP contribution in [0.15, 0.2) is 42.5 Å². The van der Waals surface area contributed by atoms with E-state index in [0.29, 0.717) is 6.42 Å². The van der Waals surface area contributed by atoms with Crippen molar-refractivity contribution in [2.45, 2.75) is 19.5 Å². The molecule has 0 bridgehead atoms. The van der Waals surface area contributed by atoms with Crippen LogP contribution in [0, 0.1) is 0 Å². The van der Waals surface area contributed by atoms with Crippen molar-refractivity contribution in [2.24, 2.45) is 0 Å². The largest absolute Gasteiger partial charge is 0.507 e. The molecule has 2 aromatic carbocycles. The smallest absolute Gasteiger partial charge is 0.416 e. The lowest BCUT2D eigenvalue weighted by Crippen LogP contribution is -2.07. The summed E-state index contributed by atoms with van der Waals surface area (Å²) < 4.78 is 37.4. The van der Waals surface area contributed by atoms with Gasteiger partial charge in [-0.15, -0.1) is 0 Å². The third kappa shape index (κ3) is 3.24. The molecular formula is C16H13F3O2. The Morgan fingerprint density at radius 1 is 1.10 bits per heavy atom. The summed E-state index contributed by atoms with van der Waals surface area (Å²) >= 11 is 0. The van der Waals surface area contributed by atoms with Crippen molar-refractivity contribution in [3.05, 3.63) is 64.7 Å². The summed E-state index contributed by atoms with van der Waals surface area (Å²) in [6.45, 7) is 1.90. The number of hydrogen-bond acceptors (Lipinski definition) is 2. The number of aromatic hydroxyl groups is 1. The highest BCUT2D eigenvalue weighted by Crippen LogP contribution is 2.30. The van der Waals surface area contributed by atoms with Gasteiger partial charge in [0.15, 0.2) is 5.78 Å². The van der Waals surface area contributed by atoms with Crippen LogP contribution in [0.1, 0.15) is 34.0 Å². The zero-order valence-corrected chi connectivity index (χ0v) is 11.2. The molecule has 0 unspecified atom stereocenters. The van der Waals surface area contributed by atoms with Crippen LogP contribution < -0.4 is 0 Å². The Bertz CT molecular complexity index is 658. The average molecular weight is 294 g/mol. The van der Waals surface area contributed by atoms with Gasteiger partial charge >= 0.3 is 6.18 Å². The predicted molar refractivity (Wildman–Crippen MR) is 72.4 cm³/mol. The normalized spacial score (nSPS) is 11.4. The summed E-state index contributed by atoms with van der Waals surface area (Å²) in [5.74, 6) is -0.686. The van der Waals surface area contributed by atoms with Crippen LogP contribution in [-0.2, 0) is 12.6 Å². The lowest BCUT2D eigenvalue weighted by molar-refractivity contribution is -0.137. The van der Waals surface area contributed by atoms with Gasteiger partial charge < -0.3 is 5.11 Å². The first-order valence-electron chi connectivity index (χ1n) is 6.36. The third-order valence-electron chi connectivity index (χ3n) is 3.19. The highest BCUT2D eigenvalue weighted by molar-refractivity contribution is 6.10. The van der Waals surface area contributed by atoms with Gasteiger partial charge in [-0.3, -0.25) is 4.79 Å². The molecule has 0 fully saturated rings. The fourth-order valence-electron chi connectivity index (χ4n) is 1.95. The molecular weight excluding hydrogens is 281 g/mol. The van der Waals surface area contributed by atoms with E-state index in [-0.39, 0.29) is 16.9 Å². The van der Waals surface area contributed by atoms with Crippen LogP contribution >= 0.6 is 0 Å². The molecule has 0 aliphatic carbocycles. The number of phenolic OH excluding ortho intramolecular Hbond substituents is 1. The zero-order chi connectivity index (χ0) is 15.6. The molecule has 2 aromatic rings. The van der Waals surface area contributed by atoms with Crippen molar-refractivity contribution < 1.29 is 23.1 Å². The number of phenols is 1. The Morgan fingerprint density at radius 2 is 1.71 bits per heavy atom. The minimum atomic E-state index is -4.44. The summed E-state index contributed by atoms with van der Waals surface area (Å²) in [5, 5.41) is 9.75. The molecule has 0 saturated carbocycles. The van der Waals surface area contributed by atoms with E-state index in [1.54, 1.807) is 12.1 Å². The summed E-state index contributed by atoms with van der Waals surface area (Å²) in [6, 6.07) is 8.60. The Hall–Kier alpha value is -2.30. The predicted octanol–water partition coefficient (Wildman–Crippen LogP) is 4.20. The summed E-state index contributed by atoms with van der Waals surface area (Å²) in [6.07, 6.45) is -3.75. The number of alkyl halides is 3. The second-order valence-corrected chi connectivity index (χ2v) is 4.61. The van der Waals surface area contributed by atoms with Crippen molar-refractivity contribution in [3.8, 4) is 5.75 Å². The van der Waals surface area contributed by atoms with E-state index in [0.717, 1.165) is 29.8 Å². The summed E-state index contributed by atoms with van der Waals surface area (Å²) in [7, 11) is 0.